The third-order valence-electron chi connectivity index (χ3n) is 5.75. The Hall–Kier alpha value is -2.23. The molecule has 152 valence electrons. The summed E-state index contributed by atoms with van der Waals surface area (Å²) in [5.74, 6) is 0.406. The Kier molecular flexibility index (Phi) is 5.47. The second-order valence-corrected chi connectivity index (χ2v) is 7.67. The van der Waals surface area contributed by atoms with E-state index < -0.39 is 24.4 Å². The highest BCUT2D eigenvalue weighted by molar-refractivity contribution is 5.69. The number of fused-ring (bicyclic) bond motifs is 1. The van der Waals surface area contributed by atoms with E-state index in [1.165, 1.54) is 17.3 Å². The first-order chi connectivity index (χ1) is 13.5. The van der Waals surface area contributed by atoms with E-state index in [1.54, 1.807) is 12.1 Å². The topological polar surface area (TPSA) is 132 Å². The van der Waals surface area contributed by atoms with Crippen molar-refractivity contribution in [1.29, 1.82) is 0 Å². The zero-order valence-corrected chi connectivity index (χ0v) is 15.6. The first-order valence-electron chi connectivity index (χ1n) is 9.80. The van der Waals surface area contributed by atoms with Gasteiger partial charge in [-0.2, -0.15) is 5.10 Å². The first kappa shape index (κ1) is 19.1. The van der Waals surface area contributed by atoms with Gasteiger partial charge < -0.3 is 25.4 Å². The van der Waals surface area contributed by atoms with Crippen molar-refractivity contribution in [2.75, 3.05) is 12.3 Å². The molecule has 1 unspecified atom stereocenters. The number of hydrogen-bond acceptors (Lipinski definition) is 8. The van der Waals surface area contributed by atoms with Gasteiger partial charge in [-0.1, -0.05) is 19.3 Å². The number of anilines is 1. The van der Waals surface area contributed by atoms with Gasteiger partial charge in [0.15, 0.2) is 5.82 Å². The van der Waals surface area contributed by atoms with Gasteiger partial charge in [0.25, 0.3) is 0 Å². The SMILES string of the molecule is Nc1ncnn2c(C3O[C@H](COC(=O)CC4CCCCC4)[C@@H](O)[C@H]3O)ccc12. The Morgan fingerprint density at radius 1 is 1.25 bits per heavy atom. The first-order valence-corrected chi connectivity index (χ1v) is 9.80. The van der Waals surface area contributed by atoms with Crippen molar-refractivity contribution >= 4 is 17.3 Å². The molecule has 0 radical (unpaired) electrons. The third kappa shape index (κ3) is 3.69. The van der Waals surface area contributed by atoms with E-state index in [-0.39, 0.29) is 12.6 Å². The van der Waals surface area contributed by atoms with Crippen LogP contribution < -0.4 is 5.73 Å². The van der Waals surface area contributed by atoms with Crippen molar-refractivity contribution in [3.05, 3.63) is 24.2 Å². The van der Waals surface area contributed by atoms with Gasteiger partial charge >= 0.3 is 5.97 Å². The highest BCUT2D eigenvalue weighted by atomic mass is 16.6. The Balaban J connectivity index is 1.38. The lowest BCUT2D eigenvalue weighted by Crippen LogP contribution is -2.34. The van der Waals surface area contributed by atoms with E-state index >= 15 is 0 Å². The number of nitrogens with two attached hydrogens (primary N) is 1. The predicted octanol–water partition coefficient (Wildman–Crippen LogP) is 0.987. The van der Waals surface area contributed by atoms with Crippen LogP contribution >= 0.6 is 0 Å². The summed E-state index contributed by atoms with van der Waals surface area (Å²) in [6.07, 6.45) is 3.43. The Morgan fingerprint density at radius 3 is 2.82 bits per heavy atom. The number of rotatable bonds is 5. The Morgan fingerprint density at radius 2 is 2.04 bits per heavy atom. The fourth-order valence-corrected chi connectivity index (χ4v) is 4.18. The largest absolute Gasteiger partial charge is 0.463 e. The Labute approximate surface area is 162 Å². The highest BCUT2D eigenvalue weighted by Crippen LogP contribution is 2.35. The number of aromatic nitrogens is 3. The minimum absolute atomic E-state index is 0.0965. The molecular formula is C19H26N4O5. The molecule has 2 fully saturated rings. The lowest BCUT2D eigenvalue weighted by molar-refractivity contribution is -0.150. The smallest absolute Gasteiger partial charge is 0.306 e. The molecule has 28 heavy (non-hydrogen) atoms. The maximum atomic E-state index is 12.1. The number of hydrogen-bond donors (Lipinski definition) is 3. The number of carbonyl (C=O) groups is 1. The summed E-state index contributed by atoms with van der Waals surface area (Å²) in [5.41, 5.74) is 6.97. The molecule has 4 N–H and O–H groups in total. The standard InChI is InChI=1S/C19H26N4O5/c20-19-13-7-6-12(23(13)22-10-21-19)18-17(26)16(25)14(28-18)9-27-15(24)8-11-4-2-1-3-5-11/h6-7,10-11,14,16-18,25-26H,1-5,8-9H2,(H2,20,21,22)/t14-,16-,17-,18?/m1/s1. The zero-order chi connectivity index (χ0) is 19.7. The number of esters is 1. The Bertz CT molecular complexity index is 835. The van der Waals surface area contributed by atoms with E-state index in [1.807, 2.05) is 0 Å². The minimum atomic E-state index is -1.17. The number of nitrogens with zero attached hydrogens (tertiary/aromatic N) is 3. The minimum Gasteiger partial charge on any atom is -0.463 e. The van der Waals surface area contributed by atoms with E-state index in [9.17, 15) is 15.0 Å². The van der Waals surface area contributed by atoms with E-state index in [0.717, 1.165) is 25.7 Å². The normalized spacial score (nSPS) is 28.6. The van der Waals surface area contributed by atoms with Crippen LogP contribution in [-0.2, 0) is 14.3 Å². The average molecular weight is 390 g/mol. The molecule has 0 amide bonds. The van der Waals surface area contributed by atoms with E-state index in [0.29, 0.717) is 29.4 Å². The van der Waals surface area contributed by atoms with Gasteiger partial charge in [0.2, 0.25) is 0 Å². The molecule has 4 rings (SSSR count). The number of ether oxygens (including phenoxy) is 2. The molecule has 2 aromatic heterocycles. The van der Waals surface area contributed by atoms with Gasteiger partial charge in [0, 0.05) is 6.42 Å². The second-order valence-electron chi connectivity index (χ2n) is 7.67. The van der Waals surface area contributed by atoms with Crippen LogP contribution in [0, 0.1) is 5.92 Å². The van der Waals surface area contributed by atoms with Gasteiger partial charge in [-0.15, -0.1) is 0 Å². The second kappa shape index (κ2) is 8.02. The molecule has 0 aromatic carbocycles. The summed E-state index contributed by atoms with van der Waals surface area (Å²) in [6.45, 7) is -0.0965. The molecule has 1 saturated heterocycles. The van der Waals surface area contributed by atoms with Crippen LogP contribution in [-0.4, -0.2) is 55.7 Å². The monoisotopic (exact) mass is 390 g/mol. The zero-order valence-electron chi connectivity index (χ0n) is 15.6. The average Bonchev–Trinajstić information content (AvgIpc) is 3.24. The molecule has 3 heterocycles. The summed E-state index contributed by atoms with van der Waals surface area (Å²) < 4.78 is 12.7. The molecule has 1 aliphatic carbocycles. The summed E-state index contributed by atoms with van der Waals surface area (Å²) in [7, 11) is 0. The summed E-state index contributed by atoms with van der Waals surface area (Å²) in [6, 6.07) is 3.45. The van der Waals surface area contributed by atoms with Crippen molar-refractivity contribution in [3.8, 4) is 0 Å². The van der Waals surface area contributed by atoms with Gasteiger partial charge in [-0.3, -0.25) is 4.79 Å². The lowest BCUT2D eigenvalue weighted by atomic mass is 9.87. The van der Waals surface area contributed by atoms with Crippen LogP contribution in [0.3, 0.4) is 0 Å². The predicted molar refractivity (Wildman–Crippen MR) is 99.2 cm³/mol. The maximum Gasteiger partial charge on any atom is 0.306 e. The molecule has 2 aliphatic rings. The number of carbonyl (C=O) groups excluding carboxylic acids is 1. The molecule has 9 heteroatoms. The quantitative estimate of drug-likeness (QED) is 0.644. The van der Waals surface area contributed by atoms with Crippen molar-refractivity contribution in [2.45, 2.75) is 62.9 Å². The van der Waals surface area contributed by atoms with Crippen LogP contribution in [0.1, 0.15) is 50.3 Å². The highest BCUT2D eigenvalue weighted by Gasteiger charge is 2.45. The number of aliphatic hydroxyl groups excluding tert-OH is 2. The van der Waals surface area contributed by atoms with Crippen molar-refractivity contribution < 1.29 is 24.5 Å². The van der Waals surface area contributed by atoms with Crippen molar-refractivity contribution in [2.24, 2.45) is 5.92 Å². The van der Waals surface area contributed by atoms with E-state index in [2.05, 4.69) is 10.1 Å². The molecule has 1 aliphatic heterocycles. The molecule has 0 spiro atoms. The van der Waals surface area contributed by atoms with Crippen molar-refractivity contribution in [1.82, 2.24) is 14.6 Å². The van der Waals surface area contributed by atoms with Gasteiger partial charge in [-0.05, 0) is 30.9 Å². The van der Waals surface area contributed by atoms with Gasteiger partial charge in [-0.25, -0.2) is 9.50 Å². The summed E-state index contributed by atoms with van der Waals surface area (Å²) >= 11 is 0. The fourth-order valence-electron chi connectivity index (χ4n) is 4.18. The van der Waals surface area contributed by atoms with Crippen LogP contribution in [0.25, 0.3) is 5.52 Å². The summed E-state index contributed by atoms with van der Waals surface area (Å²) in [5, 5.41) is 24.9. The van der Waals surface area contributed by atoms with Crippen LogP contribution in [0.4, 0.5) is 5.82 Å². The van der Waals surface area contributed by atoms with Crippen molar-refractivity contribution in [3.63, 3.8) is 0 Å². The molecule has 9 nitrogen and oxygen atoms in total. The van der Waals surface area contributed by atoms with Crippen LogP contribution in [0.15, 0.2) is 18.5 Å². The number of nitrogen functional groups attached to an aromatic ring is 1. The number of aliphatic hydroxyl groups is 2. The van der Waals surface area contributed by atoms with Gasteiger partial charge in [0.05, 0.1) is 5.69 Å². The molecule has 0 bridgehead atoms. The third-order valence-corrected chi connectivity index (χ3v) is 5.75. The molecule has 1 saturated carbocycles. The van der Waals surface area contributed by atoms with Gasteiger partial charge in [0.1, 0.15) is 42.9 Å². The van der Waals surface area contributed by atoms with Crippen LogP contribution in [0.2, 0.25) is 0 Å². The lowest BCUT2D eigenvalue weighted by Gasteiger charge is -2.21. The maximum absolute atomic E-state index is 12.1. The molecular weight excluding hydrogens is 364 g/mol. The van der Waals surface area contributed by atoms with Crippen LogP contribution in [0.5, 0.6) is 0 Å². The summed E-state index contributed by atoms with van der Waals surface area (Å²) in [4.78, 5) is 16.1. The molecule has 4 atom stereocenters. The molecule has 2 aromatic rings. The van der Waals surface area contributed by atoms with E-state index in [4.69, 9.17) is 15.2 Å². The fraction of sp³-hybridized carbons (Fsp3) is 0.632.